The molecule has 0 aromatic carbocycles. The van der Waals surface area contributed by atoms with Gasteiger partial charge in [0.15, 0.2) is 25.0 Å². The van der Waals surface area contributed by atoms with Crippen molar-refractivity contribution in [1.82, 2.24) is 0 Å². The normalized spacial score (nSPS) is 55.0. The second-order valence-corrected chi connectivity index (χ2v) is 25.2. The summed E-state index contributed by atoms with van der Waals surface area (Å²) in [7, 11) is 0. The van der Waals surface area contributed by atoms with Crippen LogP contribution in [0.3, 0.4) is 0 Å². The van der Waals surface area contributed by atoms with Crippen LogP contribution in [0.15, 0.2) is 11.6 Å². The molecule has 21 nitrogen and oxygen atoms in total. The zero-order valence-corrected chi connectivity index (χ0v) is 43.2. The third-order valence-electron chi connectivity index (χ3n) is 20.7. The number of rotatable bonds is 10. The van der Waals surface area contributed by atoms with Crippen molar-refractivity contribution in [1.29, 1.82) is 0 Å². The molecule has 4 saturated heterocycles. The van der Waals surface area contributed by atoms with E-state index in [2.05, 4.69) is 40.7 Å². The molecule has 0 aromatic rings. The van der Waals surface area contributed by atoms with Gasteiger partial charge in [0.2, 0.25) is 6.29 Å². The summed E-state index contributed by atoms with van der Waals surface area (Å²) in [6, 6.07) is 0. The van der Waals surface area contributed by atoms with Crippen molar-refractivity contribution in [2.45, 2.75) is 229 Å². The Kier molecular flexibility index (Phi) is 15.6. The van der Waals surface area contributed by atoms with Gasteiger partial charge in [-0.3, -0.25) is 4.79 Å². The van der Waals surface area contributed by atoms with Gasteiger partial charge in [-0.05, 0) is 111 Å². The Morgan fingerprint density at radius 3 is 1.95 bits per heavy atom. The SMILES string of the molecule is C[C@@H]1O[C@@H](O[C@H]2[C@H](OC(=O)[C@]34CCC(C)(C)C[C@H]3C3=CC[C@@H]5[C@@]6(C)CC[C@H](O[C@@H]7OC[C@H](O)[C@H](O)[C@H]7O)[C@@](C)(CO)[C@@H]6CC[C@@]5(C)[C@]3(C)CC4)O[C@H](CO[C@@H]3OC[C@@H](O)[C@H](O)[C@H]3O)[C@@H](O)[C@@H]2O)[C@H](O)[C@H](O)[C@H]1O. The predicted molar refractivity (Wildman–Crippen MR) is 251 cm³/mol. The average Bonchev–Trinajstić information content (AvgIpc) is 3.34. The van der Waals surface area contributed by atoms with Gasteiger partial charge in [-0.15, -0.1) is 0 Å². The molecule has 73 heavy (non-hydrogen) atoms. The molecule has 21 heteroatoms. The number of aliphatic hydroxyl groups excluding tert-OH is 12. The molecule has 5 aliphatic carbocycles. The van der Waals surface area contributed by atoms with Gasteiger partial charge in [0.25, 0.3) is 0 Å². The molecule has 0 amide bonds. The number of ether oxygens (including phenoxy) is 8. The highest BCUT2D eigenvalue weighted by molar-refractivity contribution is 5.79. The van der Waals surface area contributed by atoms with Gasteiger partial charge >= 0.3 is 5.97 Å². The molecule has 9 rings (SSSR count). The lowest BCUT2D eigenvalue weighted by molar-refractivity contribution is -0.365. The van der Waals surface area contributed by atoms with Crippen LogP contribution in [0.5, 0.6) is 0 Å². The summed E-state index contributed by atoms with van der Waals surface area (Å²) in [6.07, 6.45) is -19.2. The fraction of sp³-hybridized carbons (Fsp3) is 0.942. The summed E-state index contributed by atoms with van der Waals surface area (Å²) in [5.74, 6) is -0.687. The molecule has 9 aliphatic rings. The molecule has 418 valence electrons. The Bertz CT molecular complexity index is 2010. The third-order valence-corrected chi connectivity index (χ3v) is 20.7. The molecule has 0 radical (unpaired) electrons. The molecular weight excluding hydrogens is 961 g/mol. The zero-order chi connectivity index (χ0) is 53.1. The number of hydrogen-bond acceptors (Lipinski definition) is 21. The van der Waals surface area contributed by atoms with E-state index < -0.39 is 140 Å². The minimum atomic E-state index is -1.88. The number of hydrogen-bond donors (Lipinski definition) is 12. The highest BCUT2D eigenvalue weighted by Gasteiger charge is 2.71. The van der Waals surface area contributed by atoms with E-state index in [1.165, 1.54) is 12.5 Å². The Morgan fingerprint density at radius 1 is 0.644 bits per heavy atom. The monoisotopic (exact) mass is 1040 g/mol. The lowest BCUT2D eigenvalue weighted by atomic mass is 9.33. The highest BCUT2D eigenvalue weighted by atomic mass is 16.8. The summed E-state index contributed by atoms with van der Waals surface area (Å²) < 4.78 is 47.7. The summed E-state index contributed by atoms with van der Waals surface area (Å²) in [5.41, 5.74) is -1.62. The van der Waals surface area contributed by atoms with E-state index >= 15 is 4.79 Å². The van der Waals surface area contributed by atoms with Gasteiger partial charge in [-0.2, -0.15) is 0 Å². The van der Waals surface area contributed by atoms with Crippen molar-refractivity contribution in [3.63, 3.8) is 0 Å². The molecule has 4 aliphatic heterocycles. The largest absolute Gasteiger partial charge is 0.432 e. The Morgan fingerprint density at radius 2 is 1.27 bits per heavy atom. The van der Waals surface area contributed by atoms with Crippen molar-refractivity contribution in [2.75, 3.05) is 26.4 Å². The van der Waals surface area contributed by atoms with Crippen molar-refractivity contribution < 1.29 is 104 Å². The second-order valence-electron chi connectivity index (χ2n) is 25.2. The zero-order valence-electron chi connectivity index (χ0n) is 43.2. The van der Waals surface area contributed by atoms with E-state index in [9.17, 15) is 61.3 Å². The predicted octanol–water partition coefficient (Wildman–Crippen LogP) is -0.757. The molecule has 0 unspecified atom stereocenters. The second kappa shape index (κ2) is 20.3. The summed E-state index contributed by atoms with van der Waals surface area (Å²) >= 11 is 0. The summed E-state index contributed by atoms with van der Waals surface area (Å²) in [4.78, 5) is 15.5. The Labute approximate surface area is 426 Å². The molecule has 4 saturated carbocycles. The van der Waals surface area contributed by atoms with Crippen LogP contribution in [-0.2, 0) is 42.7 Å². The fourth-order valence-corrected chi connectivity index (χ4v) is 15.8. The van der Waals surface area contributed by atoms with Crippen molar-refractivity contribution in [3.05, 3.63) is 11.6 Å². The topological polar surface area (TPSA) is 334 Å². The lowest BCUT2D eigenvalue weighted by Gasteiger charge is -2.71. The maximum Gasteiger partial charge on any atom is 0.315 e. The van der Waals surface area contributed by atoms with Gasteiger partial charge in [0.05, 0.1) is 44.1 Å². The minimum absolute atomic E-state index is 0.0214. The van der Waals surface area contributed by atoms with Crippen LogP contribution < -0.4 is 0 Å². The van der Waals surface area contributed by atoms with Crippen LogP contribution in [0.1, 0.15) is 113 Å². The van der Waals surface area contributed by atoms with Gasteiger partial charge in [0, 0.05) is 5.41 Å². The van der Waals surface area contributed by atoms with Crippen LogP contribution in [-0.4, -0.2) is 210 Å². The first kappa shape index (κ1) is 56.2. The molecule has 8 fully saturated rings. The number of carbonyl (C=O) groups excluding carboxylic acids is 1. The van der Waals surface area contributed by atoms with Crippen LogP contribution in [0.25, 0.3) is 0 Å². The van der Waals surface area contributed by atoms with Gasteiger partial charge in [0.1, 0.15) is 73.2 Å². The number of allylic oxidation sites excluding steroid dienone is 2. The van der Waals surface area contributed by atoms with E-state index in [-0.39, 0.29) is 59.2 Å². The van der Waals surface area contributed by atoms with E-state index in [0.717, 1.165) is 25.7 Å². The average molecular weight is 1050 g/mol. The third kappa shape index (κ3) is 9.20. The molecule has 0 spiro atoms. The number of fused-ring (bicyclic) bond motifs is 7. The van der Waals surface area contributed by atoms with E-state index in [4.69, 9.17) is 37.9 Å². The maximum absolute atomic E-state index is 15.5. The quantitative estimate of drug-likeness (QED) is 0.0727. The molecule has 27 atom stereocenters. The molecular formula is C52H84O21. The highest BCUT2D eigenvalue weighted by Crippen LogP contribution is 2.76. The van der Waals surface area contributed by atoms with Crippen molar-refractivity contribution in [2.24, 2.45) is 50.2 Å². The smallest absolute Gasteiger partial charge is 0.315 e. The summed E-state index contributed by atoms with van der Waals surface area (Å²) in [5, 5.41) is 129. The van der Waals surface area contributed by atoms with Crippen molar-refractivity contribution in [3.8, 4) is 0 Å². The van der Waals surface area contributed by atoms with Gasteiger partial charge < -0.3 is 99.2 Å². The summed E-state index contributed by atoms with van der Waals surface area (Å²) in [6.45, 7) is 13.7. The van der Waals surface area contributed by atoms with Crippen LogP contribution >= 0.6 is 0 Å². The molecule has 12 N–H and O–H groups in total. The first-order chi connectivity index (χ1) is 34.2. The molecule has 0 aromatic heterocycles. The lowest BCUT2D eigenvalue weighted by Crippen LogP contribution is -2.67. The maximum atomic E-state index is 15.5. The van der Waals surface area contributed by atoms with Crippen molar-refractivity contribution >= 4 is 5.97 Å². The first-order valence-electron chi connectivity index (χ1n) is 26.7. The fourth-order valence-electron chi connectivity index (χ4n) is 15.8. The van der Waals surface area contributed by atoms with Crippen LogP contribution in [0.2, 0.25) is 0 Å². The Balaban J connectivity index is 0.993. The first-order valence-corrected chi connectivity index (χ1v) is 26.7. The Hall–Kier alpha value is -1.55. The molecule has 0 bridgehead atoms. The van der Waals surface area contributed by atoms with Crippen LogP contribution in [0.4, 0.5) is 0 Å². The van der Waals surface area contributed by atoms with Crippen LogP contribution in [0, 0.1) is 50.2 Å². The minimum Gasteiger partial charge on any atom is -0.432 e. The van der Waals surface area contributed by atoms with E-state index in [1.54, 1.807) is 0 Å². The molecule has 4 heterocycles. The van der Waals surface area contributed by atoms with E-state index in [1.807, 2.05) is 6.92 Å². The number of esters is 1. The van der Waals surface area contributed by atoms with Gasteiger partial charge in [-0.1, -0.05) is 53.2 Å². The number of carbonyl (C=O) groups is 1. The standard InChI is InChI=1S/C52H84O21/c1-23-32(56)36(60)40(64)44(69-23)72-41-37(61)35(59)28(21-68-42-38(62)33(57)26(54)19-66-42)70-45(41)73-46(65)52-16-14-47(2,3)18-25(52)24-8-9-30-48(4)12-11-31(71-43-39(63)34(58)27(55)20-67-43)49(5,22-53)29(48)10-13-51(30,7)50(24,6)15-17-52/h8,23,25-45,53-64H,9-22H2,1-7H3/t23-,25-,26+,27-,28+,29+,30+,31-,32-,33-,34-,35+,36+,37-,38+,39+,40+,41+,42-,43-,44-,45-,48-,49-,50+,51+,52-/m0/s1. The van der Waals surface area contributed by atoms with E-state index in [0.29, 0.717) is 38.5 Å². The van der Waals surface area contributed by atoms with Gasteiger partial charge in [-0.25, -0.2) is 0 Å². The number of aliphatic hydroxyl groups is 12.